The first-order valence-electron chi connectivity index (χ1n) is 15.1. The Labute approximate surface area is 267 Å². The number of nitrogens with one attached hydrogen (secondary N) is 2. The number of aryl methyl sites for hydroxylation is 3. The second kappa shape index (κ2) is 15.9. The first-order chi connectivity index (χ1) is 20.4. The van der Waals surface area contributed by atoms with Crippen LogP contribution in [0.5, 0.6) is 0 Å². The number of carbonyl (C=O) groups excluding carboxylic acids is 4. The van der Waals surface area contributed by atoms with E-state index in [2.05, 4.69) is 24.5 Å². The second-order valence-electron chi connectivity index (χ2n) is 12.9. The van der Waals surface area contributed by atoms with Gasteiger partial charge in [-0.2, -0.15) is 0 Å². The number of alkyl carbamates (subject to hydrolysis) is 1. The number of hydrogen-bond acceptors (Lipinski definition) is 5. The zero-order chi connectivity index (χ0) is 33.4. The molecule has 0 radical (unpaired) electrons. The molecule has 0 bridgehead atoms. The molecule has 2 rings (SSSR count). The number of hydrogen-bond donors (Lipinski definition) is 3. The van der Waals surface area contributed by atoms with Gasteiger partial charge in [0.2, 0.25) is 11.8 Å². The van der Waals surface area contributed by atoms with Gasteiger partial charge in [-0.05, 0) is 102 Å². The Balaban J connectivity index is 2.76. The number of para-hydroxylation sites is 1. The fraction of sp³-hybridized carbons (Fsp3) is 0.529. The van der Waals surface area contributed by atoms with Gasteiger partial charge in [0.1, 0.15) is 17.7 Å². The van der Waals surface area contributed by atoms with E-state index in [4.69, 9.17) is 22.1 Å². The Morgan fingerprint density at radius 3 is 2.00 bits per heavy atom. The van der Waals surface area contributed by atoms with Gasteiger partial charge < -0.3 is 26.0 Å². The molecular formula is C34H49ClN4O5. The van der Waals surface area contributed by atoms with Crippen LogP contribution in [0, 0.1) is 26.7 Å². The maximum absolute atomic E-state index is 14.7. The zero-order valence-electron chi connectivity index (χ0n) is 27.5. The van der Waals surface area contributed by atoms with Crippen molar-refractivity contribution in [2.75, 3.05) is 5.32 Å². The van der Waals surface area contributed by atoms with Gasteiger partial charge in [-0.25, -0.2) is 4.79 Å². The third-order valence-electron chi connectivity index (χ3n) is 7.37. The van der Waals surface area contributed by atoms with E-state index in [1.807, 2.05) is 52.0 Å². The number of ether oxygens (including phenoxy) is 1. The molecule has 0 saturated carbocycles. The molecule has 242 valence electrons. The average molecular weight is 629 g/mol. The minimum Gasteiger partial charge on any atom is -0.444 e. The normalized spacial score (nSPS) is 13.5. The third-order valence-corrected chi connectivity index (χ3v) is 7.69. The lowest BCUT2D eigenvalue weighted by Crippen LogP contribution is -2.55. The number of amides is 4. The van der Waals surface area contributed by atoms with E-state index < -0.39 is 47.5 Å². The molecule has 0 heterocycles. The van der Waals surface area contributed by atoms with Gasteiger partial charge in [0.25, 0.3) is 5.91 Å². The Kier molecular flexibility index (Phi) is 13.3. The van der Waals surface area contributed by atoms with Crippen LogP contribution < -0.4 is 16.4 Å². The second-order valence-corrected chi connectivity index (χ2v) is 13.3. The number of anilines is 1. The smallest absolute Gasteiger partial charge is 0.408 e. The summed E-state index contributed by atoms with van der Waals surface area (Å²) in [6.45, 7) is 16.9. The molecule has 0 saturated heterocycles. The van der Waals surface area contributed by atoms with Crippen LogP contribution in [0.25, 0.3) is 0 Å². The molecule has 0 aliphatic heterocycles. The lowest BCUT2D eigenvalue weighted by Gasteiger charge is -2.40. The summed E-state index contributed by atoms with van der Waals surface area (Å²) in [7, 11) is 0. The predicted octanol–water partition coefficient (Wildman–Crippen LogP) is 6.76. The molecule has 4 amide bonds. The van der Waals surface area contributed by atoms with Crippen LogP contribution in [0.15, 0.2) is 36.4 Å². The van der Waals surface area contributed by atoms with Gasteiger partial charge in [-0.3, -0.25) is 14.4 Å². The highest BCUT2D eigenvalue weighted by Crippen LogP contribution is 2.34. The van der Waals surface area contributed by atoms with Crippen LogP contribution in [-0.4, -0.2) is 46.4 Å². The molecule has 2 aromatic carbocycles. The maximum Gasteiger partial charge on any atom is 0.408 e. The summed E-state index contributed by atoms with van der Waals surface area (Å²) in [6, 6.07) is 8.33. The summed E-state index contributed by atoms with van der Waals surface area (Å²) in [6.07, 6.45) is 0.361. The minimum atomic E-state index is -1.18. The van der Waals surface area contributed by atoms with E-state index in [9.17, 15) is 19.2 Å². The van der Waals surface area contributed by atoms with E-state index in [0.29, 0.717) is 28.6 Å². The number of halogens is 1. The van der Waals surface area contributed by atoms with Crippen molar-refractivity contribution in [2.24, 2.45) is 11.7 Å². The third kappa shape index (κ3) is 10.5. The Morgan fingerprint density at radius 2 is 1.48 bits per heavy atom. The van der Waals surface area contributed by atoms with Crippen molar-refractivity contribution in [1.29, 1.82) is 0 Å². The molecule has 3 unspecified atom stereocenters. The van der Waals surface area contributed by atoms with E-state index >= 15 is 0 Å². The van der Waals surface area contributed by atoms with Crippen molar-refractivity contribution < 1.29 is 23.9 Å². The largest absolute Gasteiger partial charge is 0.444 e. The minimum absolute atomic E-state index is 0.0640. The topological polar surface area (TPSA) is 131 Å². The monoisotopic (exact) mass is 628 g/mol. The number of primary amides is 1. The highest BCUT2D eigenvalue weighted by atomic mass is 35.5. The molecule has 0 aliphatic rings. The summed E-state index contributed by atoms with van der Waals surface area (Å²) in [5, 5.41) is 6.03. The summed E-state index contributed by atoms with van der Waals surface area (Å²) in [5.41, 5.74) is 8.18. The van der Waals surface area contributed by atoms with Crippen molar-refractivity contribution in [2.45, 2.75) is 112 Å². The van der Waals surface area contributed by atoms with E-state index in [1.165, 1.54) is 0 Å². The average Bonchev–Trinajstić information content (AvgIpc) is 2.89. The van der Waals surface area contributed by atoms with Crippen LogP contribution in [0.3, 0.4) is 0 Å². The standard InChI is InChI=1S/C34H49ClN4O5/c1-20(2)16-17-24(6)39(32(42)26(18-19-27(36)40)37-33(43)44-34(7,8)9)30(28-21(3)12-10-13-22(28)4)31(41)38-29-23(5)14-11-15-25(29)35/h10-15,20,24,26,30H,16-19H2,1-9H3,(H2,36,40)(H,37,43)(H,38,41). The molecule has 3 atom stereocenters. The fourth-order valence-electron chi connectivity index (χ4n) is 5.12. The number of carbonyl (C=O) groups is 4. The van der Waals surface area contributed by atoms with Crippen LogP contribution in [0.4, 0.5) is 10.5 Å². The number of nitrogens with zero attached hydrogens (tertiary/aromatic N) is 1. The molecule has 2 aromatic rings. The summed E-state index contributed by atoms with van der Waals surface area (Å²) >= 11 is 6.51. The summed E-state index contributed by atoms with van der Waals surface area (Å²) < 4.78 is 5.45. The van der Waals surface area contributed by atoms with Crippen LogP contribution in [0.2, 0.25) is 5.02 Å². The van der Waals surface area contributed by atoms with Crippen molar-refractivity contribution in [3.05, 3.63) is 63.7 Å². The molecule has 0 fully saturated rings. The fourth-order valence-corrected chi connectivity index (χ4v) is 5.39. The lowest BCUT2D eigenvalue weighted by molar-refractivity contribution is -0.143. The SMILES string of the molecule is Cc1cccc(Cl)c1NC(=O)C(c1c(C)cccc1C)N(C(=O)C(CCC(N)=O)NC(=O)OC(C)(C)C)C(C)CCC(C)C. The molecule has 9 nitrogen and oxygen atoms in total. The number of nitrogens with two attached hydrogens (primary N) is 1. The van der Waals surface area contributed by atoms with Gasteiger partial charge in [0.05, 0.1) is 10.7 Å². The zero-order valence-corrected chi connectivity index (χ0v) is 28.3. The maximum atomic E-state index is 14.7. The van der Waals surface area contributed by atoms with Gasteiger partial charge in [0.15, 0.2) is 0 Å². The Hall–Kier alpha value is -3.59. The van der Waals surface area contributed by atoms with Crippen LogP contribution in [-0.2, 0) is 19.1 Å². The molecular weight excluding hydrogens is 580 g/mol. The van der Waals surface area contributed by atoms with Gasteiger partial charge in [0, 0.05) is 12.5 Å². The van der Waals surface area contributed by atoms with Gasteiger partial charge in [-0.1, -0.05) is 55.8 Å². The molecule has 4 N–H and O–H groups in total. The van der Waals surface area contributed by atoms with E-state index in [-0.39, 0.29) is 12.8 Å². The lowest BCUT2D eigenvalue weighted by atomic mass is 9.91. The van der Waals surface area contributed by atoms with Crippen LogP contribution >= 0.6 is 11.6 Å². The van der Waals surface area contributed by atoms with E-state index in [1.54, 1.807) is 37.8 Å². The first-order valence-corrected chi connectivity index (χ1v) is 15.5. The Bertz CT molecular complexity index is 1300. The van der Waals surface area contributed by atoms with Gasteiger partial charge >= 0.3 is 6.09 Å². The summed E-state index contributed by atoms with van der Waals surface area (Å²) in [4.78, 5) is 55.4. The van der Waals surface area contributed by atoms with Crippen molar-refractivity contribution >= 4 is 41.1 Å². The quantitative estimate of drug-likeness (QED) is 0.226. The van der Waals surface area contributed by atoms with E-state index in [0.717, 1.165) is 23.1 Å². The highest BCUT2D eigenvalue weighted by molar-refractivity contribution is 6.34. The molecule has 0 aromatic heterocycles. The predicted molar refractivity (Wildman–Crippen MR) is 175 cm³/mol. The van der Waals surface area contributed by atoms with Crippen molar-refractivity contribution in [3.63, 3.8) is 0 Å². The number of rotatable bonds is 13. The summed E-state index contributed by atoms with van der Waals surface area (Å²) in [5.74, 6) is -1.24. The molecule has 10 heteroatoms. The first kappa shape index (κ1) is 36.6. The highest BCUT2D eigenvalue weighted by Gasteiger charge is 2.40. The molecule has 0 spiro atoms. The number of benzene rings is 2. The van der Waals surface area contributed by atoms with Crippen molar-refractivity contribution in [1.82, 2.24) is 10.2 Å². The van der Waals surface area contributed by atoms with Crippen LogP contribution in [0.1, 0.15) is 95.5 Å². The molecule has 0 aliphatic carbocycles. The van der Waals surface area contributed by atoms with Gasteiger partial charge in [-0.15, -0.1) is 0 Å². The molecule has 44 heavy (non-hydrogen) atoms. The Morgan fingerprint density at radius 1 is 0.909 bits per heavy atom. The van der Waals surface area contributed by atoms with Crippen molar-refractivity contribution in [3.8, 4) is 0 Å².